The van der Waals surface area contributed by atoms with E-state index in [1.807, 2.05) is 0 Å². The summed E-state index contributed by atoms with van der Waals surface area (Å²) in [6.45, 7) is 0.886. The van der Waals surface area contributed by atoms with E-state index in [-0.39, 0.29) is 22.3 Å². The van der Waals surface area contributed by atoms with E-state index in [0.29, 0.717) is 43.7 Å². The molecule has 2 atom stereocenters. The van der Waals surface area contributed by atoms with Crippen molar-refractivity contribution in [3.63, 3.8) is 0 Å². The van der Waals surface area contributed by atoms with Crippen molar-refractivity contribution in [2.24, 2.45) is 0 Å². The van der Waals surface area contributed by atoms with Crippen LogP contribution < -0.4 is 10.6 Å². The molecule has 2 aromatic rings. The summed E-state index contributed by atoms with van der Waals surface area (Å²) in [5.74, 6) is -1.57. The molecule has 158 valence electrons. The first-order valence-electron chi connectivity index (χ1n) is 9.55. The minimum absolute atomic E-state index is 0.118. The Bertz CT molecular complexity index is 995. The quantitative estimate of drug-likeness (QED) is 0.746. The van der Waals surface area contributed by atoms with Gasteiger partial charge in [0.15, 0.2) is 0 Å². The van der Waals surface area contributed by atoms with Crippen molar-refractivity contribution >= 4 is 29.3 Å². The first kappa shape index (κ1) is 20.6. The molecule has 2 aromatic carbocycles. The number of carbonyl (C=O) groups excluding carboxylic acids is 2. The number of rotatable bonds is 4. The van der Waals surface area contributed by atoms with Gasteiger partial charge in [-0.2, -0.15) is 0 Å². The maximum absolute atomic E-state index is 14.6. The molecule has 1 aliphatic heterocycles. The molecule has 1 saturated heterocycles. The molecule has 4 rings (SSSR count). The minimum Gasteiger partial charge on any atom is -0.444 e. The number of benzene rings is 2. The number of amides is 2. The number of anilines is 1. The van der Waals surface area contributed by atoms with Crippen molar-refractivity contribution in [1.29, 1.82) is 0 Å². The molecule has 0 aromatic heterocycles. The molecule has 2 amide bonds. The summed E-state index contributed by atoms with van der Waals surface area (Å²) in [7, 11) is 0. The second-order valence-corrected chi connectivity index (χ2v) is 7.60. The Balaban J connectivity index is 1.50. The number of halogens is 3. The zero-order chi connectivity index (χ0) is 21.3. The molecule has 1 fully saturated rings. The van der Waals surface area contributed by atoms with Crippen molar-refractivity contribution in [3.05, 3.63) is 63.7 Å². The van der Waals surface area contributed by atoms with E-state index in [1.54, 1.807) is 0 Å². The third-order valence-corrected chi connectivity index (χ3v) is 5.50. The smallest absolute Gasteiger partial charge is 0.407 e. The second-order valence-electron chi connectivity index (χ2n) is 7.20. The fourth-order valence-electron chi connectivity index (χ4n) is 3.78. The summed E-state index contributed by atoms with van der Waals surface area (Å²) in [6, 6.07) is 5.82. The van der Waals surface area contributed by atoms with Gasteiger partial charge in [-0.1, -0.05) is 11.6 Å². The summed E-state index contributed by atoms with van der Waals surface area (Å²) in [5, 5.41) is 5.21. The Morgan fingerprint density at radius 2 is 1.93 bits per heavy atom. The Hall–Kier alpha value is -2.71. The lowest BCUT2D eigenvalue weighted by molar-refractivity contribution is 0.0807. The largest absolute Gasteiger partial charge is 0.444 e. The number of carbonyl (C=O) groups is 2. The van der Waals surface area contributed by atoms with E-state index in [4.69, 9.17) is 21.1 Å². The highest BCUT2D eigenvalue weighted by Gasteiger charge is 2.32. The van der Waals surface area contributed by atoms with E-state index in [0.717, 1.165) is 6.07 Å². The zero-order valence-electron chi connectivity index (χ0n) is 15.8. The van der Waals surface area contributed by atoms with E-state index < -0.39 is 29.7 Å². The summed E-state index contributed by atoms with van der Waals surface area (Å²) >= 11 is 5.75. The fraction of sp³-hybridized carbons (Fsp3) is 0.333. The number of ether oxygens (including phenoxy) is 2. The van der Waals surface area contributed by atoms with Gasteiger partial charge in [-0.15, -0.1) is 0 Å². The number of nitrogens with one attached hydrogen (secondary N) is 2. The highest BCUT2D eigenvalue weighted by molar-refractivity contribution is 6.31. The van der Waals surface area contributed by atoms with E-state index in [1.165, 1.54) is 24.3 Å². The van der Waals surface area contributed by atoms with E-state index in [2.05, 4.69) is 10.6 Å². The van der Waals surface area contributed by atoms with Gasteiger partial charge in [-0.3, -0.25) is 4.79 Å². The van der Waals surface area contributed by atoms with Crippen LogP contribution >= 0.6 is 11.6 Å². The Morgan fingerprint density at radius 1 is 1.13 bits per heavy atom. The second kappa shape index (κ2) is 8.57. The van der Waals surface area contributed by atoms with Crippen LogP contribution in [0.2, 0.25) is 5.02 Å². The summed E-state index contributed by atoms with van der Waals surface area (Å²) in [6.07, 6.45) is 0.530. The molecular formula is C21H19ClF2N2O4. The highest BCUT2D eigenvalue weighted by Crippen LogP contribution is 2.36. The molecule has 1 aliphatic carbocycles. The third-order valence-electron chi connectivity index (χ3n) is 5.21. The van der Waals surface area contributed by atoms with Crippen LogP contribution in [-0.2, 0) is 15.9 Å². The molecule has 0 radical (unpaired) electrons. The van der Waals surface area contributed by atoms with Crippen LogP contribution in [0, 0.1) is 11.6 Å². The first-order valence-corrected chi connectivity index (χ1v) is 9.92. The van der Waals surface area contributed by atoms with Crippen LogP contribution in [0.15, 0.2) is 30.3 Å². The molecule has 30 heavy (non-hydrogen) atoms. The summed E-state index contributed by atoms with van der Waals surface area (Å²) < 4.78 is 38.3. The predicted molar refractivity (Wildman–Crippen MR) is 106 cm³/mol. The van der Waals surface area contributed by atoms with Crippen LogP contribution in [0.1, 0.15) is 40.4 Å². The fourth-order valence-corrected chi connectivity index (χ4v) is 3.96. The molecule has 2 aliphatic rings. The van der Waals surface area contributed by atoms with Crippen LogP contribution in [0.5, 0.6) is 0 Å². The maximum atomic E-state index is 14.6. The van der Waals surface area contributed by atoms with Gasteiger partial charge in [0.1, 0.15) is 17.7 Å². The average molecular weight is 437 g/mol. The van der Waals surface area contributed by atoms with Crippen molar-refractivity contribution in [2.75, 3.05) is 18.5 Å². The van der Waals surface area contributed by atoms with Gasteiger partial charge in [-0.05, 0) is 48.7 Å². The van der Waals surface area contributed by atoms with Gasteiger partial charge in [0, 0.05) is 23.2 Å². The Kier molecular flexibility index (Phi) is 5.87. The lowest BCUT2D eigenvalue weighted by Crippen LogP contribution is -2.32. The van der Waals surface area contributed by atoms with Crippen molar-refractivity contribution < 1.29 is 27.8 Å². The monoisotopic (exact) mass is 436 g/mol. The topological polar surface area (TPSA) is 76.7 Å². The minimum atomic E-state index is -0.640. The van der Waals surface area contributed by atoms with Crippen LogP contribution in [0.3, 0.4) is 0 Å². The van der Waals surface area contributed by atoms with Crippen molar-refractivity contribution in [3.8, 4) is 0 Å². The zero-order valence-corrected chi connectivity index (χ0v) is 16.6. The Morgan fingerprint density at radius 3 is 2.67 bits per heavy atom. The molecule has 2 N–H and O–H groups in total. The molecule has 0 saturated carbocycles. The van der Waals surface area contributed by atoms with Crippen LogP contribution in [0.4, 0.5) is 19.3 Å². The molecule has 6 nitrogen and oxygen atoms in total. The molecule has 1 heterocycles. The highest BCUT2D eigenvalue weighted by atomic mass is 35.5. The molecule has 0 unspecified atom stereocenters. The third kappa shape index (κ3) is 4.24. The lowest BCUT2D eigenvalue weighted by Gasteiger charge is -2.17. The number of hydrogen-bond donors (Lipinski definition) is 2. The SMILES string of the molecule is O=C(N[C@H]1CCc2c(C(=O)Nc3ccc(F)c(Cl)c3)ccc(F)c21)O[C@H]1CCOC1. The van der Waals surface area contributed by atoms with Crippen LogP contribution in [0.25, 0.3) is 0 Å². The van der Waals surface area contributed by atoms with E-state index >= 15 is 0 Å². The summed E-state index contributed by atoms with van der Waals surface area (Å²) in [5.41, 5.74) is 1.41. The van der Waals surface area contributed by atoms with Gasteiger partial charge in [0.05, 0.1) is 24.3 Å². The van der Waals surface area contributed by atoms with Gasteiger partial charge >= 0.3 is 6.09 Å². The van der Waals surface area contributed by atoms with Gasteiger partial charge in [-0.25, -0.2) is 13.6 Å². The first-order chi connectivity index (χ1) is 14.4. The molecule has 9 heteroatoms. The van der Waals surface area contributed by atoms with Gasteiger partial charge < -0.3 is 20.1 Å². The average Bonchev–Trinajstić information content (AvgIpc) is 3.35. The molecule has 0 spiro atoms. The number of alkyl carbamates (subject to hydrolysis) is 1. The van der Waals surface area contributed by atoms with Crippen molar-refractivity contribution in [2.45, 2.75) is 31.4 Å². The molecule has 0 bridgehead atoms. The number of hydrogen-bond acceptors (Lipinski definition) is 4. The van der Waals surface area contributed by atoms with E-state index in [9.17, 15) is 18.4 Å². The standard InChI is InChI=1S/C21H19ClF2N2O4/c22-15-9-11(1-4-16(15)23)25-20(27)14-2-5-17(24)19-13(14)3-6-18(19)26-21(28)30-12-7-8-29-10-12/h1-2,4-5,9,12,18H,3,6-8,10H2,(H,25,27)(H,26,28)/t12-,18-/m0/s1. The van der Waals surface area contributed by atoms with Crippen molar-refractivity contribution in [1.82, 2.24) is 5.32 Å². The summed E-state index contributed by atoms with van der Waals surface area (Å²) in [4.78, 5) is 24.9. The predicted octanol–water partition coefficient (Wildman–Crippen LogP) is 4.37. The Labute approximate surface area is 176 Å². The molecular weight excluding hydrogens is 418 g/mol. The maximum Gasteiger partial charge on any atom is 0.407 e. The normalized spacial score (nSPS) is 20.0. The lowest BCUT2D eigenvalue weighted by atomic mass is 10.0. The number of fused-ring (bicyclic) bond motifs is 1. The van der Waals surface area contributed by atoms with Crippen LogP contribution in [-0.4, -0.2) is 31.3 Å². The van der Waals surface area contributed by atoms with Gasteiger partial charge in [0.2, 0.25) is 0 Å². The van der Waals surface area contributed by atoms with Gasteiger partial charge in [0.25, 0.3) is 5.91 Å².